The van der Waals surface area contributed by atoms with Gasteiger partial charge in [-0.2, -0.15) is 0 Å². The lowest BCUT2D eigenvalue weighted by Crippen LogP contribution is -2.33. The topological polar surface area (TPSA) is 37.3 Å². The molecule has 1 aromatic carbocycles. The highest BCUT2D eigenvalue weighted by atomic mass is 19.1. The van der Waals surface area contributed by atoms with Crippen molar-refractivity contribution in [1.82, 2.24) is 0 Å². The van der Waals surface area contributed by atoms with E-state index < -0.39 is 23.5 Å². The fraction of sp³-hybridized carbons (Fsp3) is 0.533. The summed E-state index contributed by atoms with van der Waals surface area (Å²) >= 11 is 0. The molecule has 1 aromatic rings. The second-order valence-electron chi connectivity index (χ2n) is 6.12. The second kappa shape index (κ2) is 4.91. The van der Waals surface area contributed by atoms with Crippen LogP contribution in [0.5, 0.6) is 0 Å². The highest BCUT2D eigenvalue weighted by Crippen LogP contribution is 2.47. The number of benzene rings is 1. The minimum absolute atomic E-state index is 0.0164. The maximum atomic E-state index is 13.9. The van der Waals surface area contributed by atoms with E-state index in [-0.39, 0.29) is 11.3 Å². The number of rotatable bonds is 2. The van der Waals surface area contributed by atoms with Crippen molar-refractivity contribution >= 4 is 5.97 Å². The number of hydrogen-bond acceptors (Lipinski definition) is 1. The van der Waals surface area contributed by atoms with Crippen LogP contribution in [0, 0.1) is 23.0 Å². The Morgan fingerprint density at radius 3 is 2.63 bits per heavy atom. The smallest absolute Gasteiger partial charge is 0.307 e. The van der Waals surface area contributed by atoms with Gasteiger partial charge in [-0.3, -0.25) is 4.79 Å². The monoisotopic (exact) mass is 268 g/mol. The molecule has 0 aliphatic heterocycles. The van der Waals surface area contributed by atoms with Gasteiger partial charge in [-0.15, -0.1) is 0 Å². The molecule has 2 atom stereocenters. The molecule has 0 saturated heterocycles. The van der Waals surface area contributed by atoms with Crippen molar-refractivity contribution in [1.29, 1.82) is 0 Å². The van der Waals surface area contributed by atoms with Crippen LogP contribution in [0.2, 0.25) is 0 Å². The molecule has 104 valence electrons. The van der Waals surface area contributed by atoms with E-state index in [1.165, 1.54) is 12.1 Å². The van der Waals surface area contributed by atoms with Crippen LogP contribution in [-0.2, 0) is 4.79 Å². The van der Waals surface area contributed by atoms with Crippen LogP contribution in [0.1, 0.15) is 44.6 Å². The lowest BCUT2D eigenvalue weighted by Gasteiger charge is -2.39. The molecule has 0 aromatic heterocycles. The van der Waals surface area contributed by atoms with Crippen molar-refractivity contribution in [2.24, 2.45) is 11.3 Å². The zero-order valence-corrected chi connectivity index (χ0v) is 11.1. The van der Waals surface area contributed by atoms with Crippen molar-refractivity contribution in [3.8, 4) is 0 Å². The molecule has 2 unspecified atom stereocenters. The van der Waals surface area contributed by atoms with E-state index in [9.17, 15) is 18.7 Å². The van der Waals surface area contributed by atoms with Crippen molar-refractivity contribution in [3.63, 3.8) is 0 Å². The van der Waals surface area contributed by atoms with Gasteiger partial charge in [0.05, 0.1) is 5.92 Å². The summed E-state index contributed by atoms with van der Waals surface area (Å²) in [4.78, 5) is 11.3. The van der Waals surface area contributed by atoms with E-state index in [0.29, 0.717) is 18.4 Å². The normalized spacial score (nSPS) is 26.1. The molecule has 2 rings (SSSR count). The summed E-state index contributed by atoms with van der Waals surface area (Å²) in [6.07, 6.45) is 1.94. The largest absolute Gasteiger partial charge is 0.481 e. The van der Waals surface area contributed by atoms with Gasteiger partial charge in [0, 0.05) is 12.0 Å². The Bertz CT molecular complexity index is 497. The van der Waals surface area contributed by atoms with E-state index in [1.54, 1.807) is 0 Å². The molecule has 0 bridgehead atoms. The standard InChI is InChI=1S/C15H18F2O2/c1-15(2)6-5-11(14(18)19)12(8-15)10-4-3-9(16)7-13(10)17/h3-4,7,11-12H,5-6,8H2,1-2H3,(H,18,19). The predicted octanol–water partition coefficient (Wildman–Crippen LogP) is 3.96. The van der Waals surface area contributed by atoms with Gasteiger partial charge >= 0.3 is 5.97 Å². The van der Waals surface area contributed by atoms with Crippen molar-refractivity contribution < 1.29 is 18.7 Å². The second-order valence-corrected chi connectivity index (χ2v) is 6.12. The van der Waals surface area contributed by atoms with Gasteiger partial charge in [0.1, 0.15) is 11.6 Å². The maximum Gasteiger partial charge on any atom is 0.307 e. The van der Waals surface area contributed by atoms with Gasteiger partial charge < -0.3 is 5.11 Å². The average molecular weight is 268 g/mol. The van der Waals surface area contributed by atoms with E-state index in [1.807, 2.05) is 0 Å². The lowest BCUT2D eigenvalue weighted by atomic mass is 9.65. The highest BCUT2D eigenvalue weighted by molar-refractivity contribution is 5.71. The van der Waals surface area contributed by atoms with Gasteiger partial charge in [-0.1, -0.05) is 19.9 Å². The lowest BCUT2D eigenvalue weighted by molar-refractivity contribution is -0.144. The number of hydrogen-bond donors (Lipinski definition) is 1. The van der Waals surface area contributed by atoms with Crippen LogP contribution in [0.3, 0.4) is 0 Å². The van der Waals surface area contributed by atoms with Crippen LogP contribution in [0.4, 0.5) is 8.78 Å². The Labute approximate surface area is 111 Å². The summed E-state index contributed by atoms with van der Waals surface area (Å²) in [6.45, 7) is 4.11. The first-order chi connectivity index (χ1) is 8.80. The zero-order chi connectivity index (χ0) is 14.2. The Balaban J connectivity index is 2.39. The molecule has 1 fully saturated rings. The van der Waals surface area contributed by atoms with Gasteiger partial charge in [-0.25, -0.2) is 8.78 Å². The van der Waals surface area contributed by atoms with E-state index in [2.05, 4.69) is 13.8 Å². The Hall–Kier alpha value is -1.45. The molecular formula is C15H18F2O2. The Kier molecular flexibility index (Phi) is 3.61. The molecule has 1 N–H and O–H groups in total. The van der Waals surface area contributed by atoms with E-state index in [0.717, 1.165) is 12.5 Å². The summed E-state index contributed by atoms with van der Waals surface area (Å²) in [5, 5.41) is 9.29. The molecule has 1 saturated carbocycles. The van der Waals surface area contributed by atoms with Crippen molar-refractivity contribution in [3.05, 3.63) is 35.4 Å². The summed E-state index contributed by atoms with van der Waals surface area (Å²) in [6, 6.07) is 3.40. The van der Waals surface area contributed by atoms with E-state index in [4.69, 9.17) is 0 Å². The fourth-order valence-corrected chi connectivity index (χ4v) is 3.01. The van der Waals surface area contributed by atoms with Crippen LogP contribution in [0.15, 0.2) is 18.2 Å². The molecule has 4 heteroatoms. The molecule has 0 spiro atoms. The first kappa shape index (κ1) is 14.0. The zero-order valence-electron chi connectivity index (χ0n) is 11.1. The Morgan fingerprint density at radius 1 is 1.37 bits per heavy atom. The van der Waals surface area contributed by atoms with Crippen LogP contribution in [-0.4, -0.2) is 11.1 Å². The molecule has 0 heterocycles. The summed E-state index contributed by atoms with van der Waals surface area (Å²) in [5.74, 6) is -3.16. The third-order valence-corrected chi connectivity index (χ3v) is 4.07. The van der Waals surface area contributed by atoms with Crippen LogP contribution in [0.25, 0.3) is 0 Å². The third-order valence-electron chi connectivity index (χ3n) is 4.07. The van der Waals surface area contributed by atoms with Gasteiger partial charge in [0.15, 0.2) is 0 Å². The van der Waals surface area contributed by atoms with Crippen molar-refractivity contribution in [2.75, 3.05) is 0 Å². The first-order valence-electron chi connectivity index (χ1n) is 6.48. The molecule has 2 nitrogen and oxygen atoms in total. The van der Waals surface area contributed by atoms with Gasteiger partial charge in [0.2, 0.25) is 0 Å². The molecule has 1 aliphatic carbocycles. The van der Waals surface area contributed by atoms with Crippen LogP contribution < -0.4 is 0 Å². The summed E-state index contributed by atoms with van der Waals surface area (Å²) < 4.78 is 26.9. The fourth-order valence-electron chi connectivity index (χ4n) is 3.01. The first-order valence-corrected chi connectivity index (χ1v) is 6.48. The predicted molar refractivity (Wildman–Crippen MR) is 67.9 cm³/mol. The quantitative estimate of drug-likeness (QED) is 0.881. The number of carbonyl (C=O) groups is 1. The van der Waals surface area contributed by atoms with Crippen molar-refractivity contribution in [2.45, 2.75) is 39.0 Å². The van der Waals surface area contributed by atoms with Crippen LogP contribution >= 0.6 is 0 Å². The summed E-state index contributed by atoms with van der Waals surface area (Å²) in [5.41, 5.74) is 0.304. The third kappa shape index (κ3) is 2.94. The average Bonchev–Trinajstić information content (AvgIpc) is 2.27. The molecular weight excluding hydrogens is 250 g/mol. The number of aliphatic carboxylic acids is 1. The molecule has 19 heavy (non-hydrogen) atoms. The SMILES string of the molecule is CC1(C)CCC(C(=O)O)C(c2ccc(F)cc2F)C1. The van der Waals surface area contributed by atoms with Gasteiger partial charge in [-0.05, 0) is 36.3 Å². The highest BCUT2D eigenvalue weighted by Gasteiger charge is 2.40. The number of carboxylic acid groups (broad SMARTS) is 1. The Morgan fingerprint density at radius 2 is 2.05 bits per heavy atom. The maximum absolute atomic E-state index is 13.9. The molecule has 0 amide bonds. The molecule has 0 radical (unpaired) electrons. The molecule has 1 aliphatic rings. The number of carboxylic acids is 1. The minimum Gasteiger partial charge on any atom is -0.481 e. The van der Waals surface area contributed by atoms with E-state index >= 15 is 0 Å². The van der Waals surface area contributed by atoms with Gasteiger partial charge in [0.25, 0.3) is 0 Å². The summed E-state index contributed by atoms with van der Waals surface area (Å²) in [7, 11) is 0. The number of halogens is 2. The minimum atomic E-state index is -0.899.